The molecule has 0 heterocycles. The number of hydrogen-bond acceptors (Lipinski definition) is 3. The second-order valence-electron chi connectivity index (χ2n) is 3.54. The number of hydrogen-bond donors (Lipinski definition) is 0. The molecule has 4 heteroatoms. The van der Waals surface area contributed by atoms with Crippen molar-refractivity contribution < 1.29 is 14.3 Å². The van der Waals surface area contributed by atoms with Crippen molar-refractivity contribution in [3.05, 3.63) is 59.1 Å². The Kier molecular flexibility index (Phi) is 3.85. The van der Waals surface area contributed by atoms with E-state index >= 15 is 0 Å². The summed E-state index contributed by atoms with van der Waals surface area (Å²) in [5.74, 6) is 0.666. The van der Waals surface area contributed by atoms with E-state index in [0.717, 1.165) is 0 Å². The van der Waals surface area contributed by atoms with Crippen molar-refractivity contribution in [3.63, 3.8) is 0 Å². The minimum Gasteiger partial charge on any atom is -0.497 e. The van der Waals surface area contributed by atoms with Gasteiger partial charge in [-0.05, 0) is 36.4 Å². The molecule has 3 nitrogen and oxygen atoms in total. The zero-order valence-corrected chi connectivity index (χ0v) is 10.5. The highest BCUT2D eigenvalue weighted by Crippen LogP contribution is 2.20. The molecule has 0 atom stereocenters. The Morgan fingerprint density at radius 1 is 1.00 bits per heavy atom. The van der Waals surface area contributed by atoms with E-state index in [0.29, 0.717) is 22.1 Å². The Balaban J connectivity index is 2.14. The fourth-order valence-corrected chi connectivity index (χ4v) is 1.65. The molecule has 92 valence electrons. The third-order valence-electron chi connectivity index (χ3n) is 2.36. The van der Waals surface area contributed by atoms with Crippen LogP contribution in [-0.2, 0) is 0 Å². The van der Waals surface area contributed by atoms with Crippen LogP contribution < -0.4 is 9.47 Å². The summed E-state index contributed by atoms with van der Waals surface area (Å²) in [4.78, 5) is 11.9. The molecule has 18 heavy (non-hydrogen) atoms. The first-order valence-electron chi connectivity index (χ1n) is 5.31. The van der Waals surface area contributed by atoms with Gasteiger partial charge in [-0.25, -0.2) is 4.79 Å². The Hall–Kier alpha value is -2.00. The van der Waals surface area contributed by atoms with E-state index in [2.05, 4.69) is 0 Å². The maximum atomic E-state index is 11.9. The first-order valence-corrected chi connectivity index (χ1v) is 5.69. The average molecular weight is 263 g/mol. The normalized spacial score (nSPS) is 9.89. The van der Waals surface area contributed by atoms with E-state index in [-0.39, 0.29) is 0 Å². The highest BCUT2D eigenvalue weighted by Gasteiger charge is 2.11. The highest BCUT2D eigenvalue weighted by atomic mass is 35.5. The molecule has 0 aliphatic heterocycles. The van der Waals surface area contributed by atoms with Gasteiger partial charge in [0.25, 0.3) is 0 Å². The van der Waals surface area contributed by atoms with Gasteiger partial charge in [-0.3, -0.25) is 0 Å². The summed E-state index contributed by atoms with van der Waals surface area (Å²) in [7, 11) is 1.57. The predicted octanol–water partition coefficient (Wildman–Crippen LogP) is 3.57. The van der Waals surface area contributed by atoms with Gasteiger partial charge in [0.2, 0.25) is 0 Å². The zero-order chi connectivity index (χ0) is 13.0. The van der Waals surface area contributed by atoms with Gasteiger partial charge in [0.1, 0.15) is 11.5 Å². The molecule has 0 saturated heterocycles. The molecule has 2 rings (SSSR count). The first-order chi connectivity index (χ1) is 8.70. The van der Waals surface area contributed by atoms with Gasteiger partial charge >= 0.3 is 5.97 Å². The Labute approximate surface area is 110 Å². The molecule has 2 aromatic rings. The number of carbonyl (C=O) groups is 1. The molecule has 0 aromatic heterocycles. The van der Waals surface area contributed by atoms with Crippen LogP contribution in [0, 0.1) is 0 Å². The fourth-order valence-electron chi connectivity index (χ4n) is 1.43. The molecule has 0 unspecified atom stereocenters. The molecule has 0 spiro atoms. The van der Waals surface area contributed by atoms with Crippen LogP contribution in [0.1, 0.15) is 10.4 Å². The van der Waals surface area contributed by atoms with E-state index in [9.17, 15) is 4.79 Å². The lowest BCUT2D eigenvalue weighted by Gasteiger charge is -2.06. The van der Waals surface area contributed by atoms with Crippen molar-refractivity contribution in [1.82, 2.24) is 0 Å². The maximum Gasteiger partial charge on any atom is 0.345 e. The summed E-state index contributed by atoms with van der Waals surface area (Å²) in [6.45, 7) is 0. The molecule has 0 aliphatic carbocycles. The molecule has 0 amide bonds. The van der Waals surface area contributed by atoms with Gasteiger partial charge in [0, 0.05) is 0 Å². The van der Waals surface area contributed by atoms with Crippen molar-refractivity contribution in [3.8, 4) is 11.5 Å². The molecule has 0 bridgehead atoms. The monoisotopic (exact) mass is 262 g/mol. The highest BCUT2D eigenvalue weighted by molar-refractivity contribution is 6.33. The zero-order valence-electron chi connectivity index (χ0n) is 9.72. The van der Waals surface area contributed by atoms with Crippen LogP contribution in [-0.4, -0.2) is 13.1 Å². The summed E-state index contributed by atoms with van der Waals surface area (Å²) in [5.41, 5.74) is 0.343. The summed E-state index contributed by atoms with van der Waals surface area (Å²) in [5, 5.41) is 0.371. The summed E-state index contributed by atoms with van der Waals surface area (Å²) >= 11 is 5.91. The van der Waals surface area contributed by atoms with Crippen LogP contribution >= 0.6 is 11.6 Å². The quantitative estimate of drug-likeness (QED) is 0.627. The fraction of sp³-hybridized carbons (Fsp3) is 0.0714. The third-order valence-corrected chi connectivity index (χ3v) is 2.69. The van der Waals surface area contributed by atoms with E-state index < -0.39 is 5.97 Å². The Morgan fingerprint density at radius 2 is 1.61 bits per heavy atom. The van der Waals surface area contributed by atoms with Gasteiger partial charge < -0.3 is 9.47 Å². The van der Waals surface area contributed by atoms with Crippen LogP contribution in [0.2, 0.25) is 5.02 Å². The SMILES string of the molecule is COc1ccc(OC(=O)c2ccccc2Cl)cc1. The van der Waals surface area contributed by atoms with E-state index in [4.69, 9.17) is 21.1 Å². The van der Waals surface area contributed by atoms with Crippen molar-refractivity contribution in [1.29, 1.82) is 0 Å². The van der Waals surface area contributed by atoms with Crippen molar-refractivity contribution in [2.75, 3.05) is 7.11 Å². The minimum atomic E-state index is -0.481. The summed E-state index contributed by atoms with van der Waals surface area (Å²) in [6, 6.07) is 13.5. The lowest BCUT2D eigenvalue weighted by Crippen LogP contribution is -2.08. The Morgan fingerprint density at radius 3 is 2.22 bits per heavy atom. The number of benzene rings is 2. The molecular formula is C14H11ClO3. The maximum absolute atomic E-state index is 11.9. The average Bonchev–Trinajstić information content (AvgIpc) is 2.40. The molecule has 2 aromatic carbocycles. The van der Waals surface area contributed by atoms with Gasteiger partial charge in [0.05, 0.1) is 17.7 Å². The largest absolute Gasteiger partial charge is 0.497 e. The number of methoxy groups -OCH3 is 1. The standard InChI is InChI=1S/C14H11ClO3/c1-17-10-6-8-11(9-7-10)18-14(16)12-4-2-3-5-13(12)15/h2-9H,1H3. The molecular weight excluding hydrogens is 252 g/mol. The molecule has 0 aliphatic rings. The number of carbonyl (C=O) groups excluding carboxylic acids is 1. The number of ether oxygens (including phenoxy) is 2. The number of halogens is 1. The van der Waals surface area contributed by atoms with Crippen LogP contribution in [0.3, 0.4) is 0 Å². The van der Waals surface area contributed by atoms with Crippen molar-refractivity contribution in [2.45, 2.75) is 0 Å². The molecule has 0 radical (unpaired) electrons. The van der Waals surface area contributed by atoms with Crippen LogP contribution in [0.25, 0.3) is 0 Å². The molecule has 0 fully saturated rings. The number of rotatable bonds is 3. The minimum absolute atomic E-state index is 0.343. The first kappa shape index (κ1) is 12.5. The lowest BCUT2D eigenvalue weighted by atomic mass is 10.2. The molecule has 0 saturated carbocycles. The molecule has 0 N–H and O–H groups in total. The lowest BCUT2D eigenvalue weighted by molar-refractivity contribution is 0.0735. The van der Waals surface area contributed by atoms with Gasteiger partial charge in [-0.2, -0.15) is 0 Å². The van der Waals surface area contributed by atoms with E-state index in [1.165, 1.54) is 0 Å². The second kappa shape index (κ2) is 5.56. The predicted molar refractivity (Wildman–Crippen MR) is 69.4 cm³/mol. The number of esters is 1. The summed E-state index contributed by atoms with van der Waals surface area (Å²) < 4.78 is 10.2. The van der Waals surface area contributed by atoms with Gasteiger partial charge in [-0.15, -0.1) is 0 Å². The van der Waals surface area contributed by atoms with Crippen molar-refractivity contribution >= 4 is 17.6 Å². The van der Waals surface area contributed by atoms with Crippen LogP contribution in [0.4, 0.5) is 0 Å². The third kappa shape index (κ3) is 2.81. The summed E-state index contributed by atoms with van der Waals surface area (Å²) in [6.07, 6.45) is 0. The second-order valence-corrected chi connectivity index (χ2v) is 3.95. The van der Waals surface area contributed by atoms with Gasteiger partial charge in [-0.1, -0.05) is 23.7 Å². The van der Waals surface area contributed by atoms with E-state index in [1.807, 2.05) is 0 Å². The van der Waals surface area contributed by atoms with Crippen LogP contribution in [0.5, 0.6) is 11.5 Å². The van der Waals surface area contributed by atoms with Crippen molar-refractivity contribution in [2.24, 2.45) is 0 Å². The van der Waals surface area contributed by atoms with E-state index in [1.54, 1.807) is 55.6 Å². The topological polar surface area (TPSA) is 35.5 Å². The van der Waals surface area contributed by atoms with Crippen LogP contribution in [0.15, 0.2) is 48.5 Å². The van der Waals surface area contributed by atoms with Gasteiger partial charge in [0.15, 0.2) is 0 Å². The smallest absolute Gasteiger partial charge is 0.345 e. The Bertz CT molecular complexity index is 549.